The molecule has 1 N–H and O–H groups in total. The van der Waals surface area contributed by atoms with E-state index in [1.54, 1.807) is 12.1 Å². The van der Waals surface area contributed by atoms with Crippen LogP contribution in [0.3, 0.4) is 0 Å². The van der Waals surface area contributed by atoms with Gasteiger partial charge in [0.25, 0.3) is 0 Å². The van der Waals surface area contributed by atoms with Crippen LogP contribution in [0.2, 0.25) is 0 Å². The van der Waals surface area contributed by atoms with Crippen LogP contribution in [0, 0.1) is 11.3 Å². The quantitative estimate of drug-likeness (QED) is 0.648. The number of hydrogen-bond acceptors (Lipinski definition) is 8. The van der Waals surface area contributed by atoms with E-state index in [-0.39, 0.29) is 30.3 Å². The maximum Gasteiger partial charge on any atom is 0.239 e. The van der Waals surface area contributed by atoms with Gasteiger partial charge in [0, 0.05) is 12.8 Å². The van der Waals surface area contributed by atoms with Crippen molar-refractivity contribution in [2.24, 2.45) is 0 Å². The molecule has 2 heterocycles. The molecule has 9 nitrogen and oxygen atoms in total. The Morgan fingerprint density at radius 1 is 1.22 bits per heavy atom. The lowest BCUT2D eigenvalue weighted by atomic mass is 10.2. The van der Waals surface area contributed by atoms with Gasteiger partial charge in [0.2, 0.25) is 27.6 Å². The van der Waals surface area contributed by atoms with Gasteiger partial charge in [0.05, 0.1) is 23.6 Å². The van der Waals surface area contributed by atoms with Crippen LogP contribution in [0.15, 0.2) is 51.6 Å². The first-order chi connectivity index (χ1) is 12.9. The predicted octanol–water partition coefficient (Wildman–Crippen LogP) is 1.78. The van der Waals surface area contributed by atoms with E-state index in [0.717, 1.165) is 0 Å². The maximum atomic E-state index is 12.1. The number of nitrogens with zero attached hydrogens (tertiary/aromatic N) is 3. The fourth-order valence-electron chi connectivity index (χ4n) is 2.24. The third kappa shape index (κ3) is 5.02. The Morgan fingerprint density at radius 2 is 2.00 bits per heavy atom. The van der Waals surface area contributed by atoms with Crippen molar-refractivity contribution in [3.8, 4) is 17.7 Å². The van der Waals surface area contributed by atoms with Gasteiger partial charge < -0.3 is 8.94 Å². The molecule has 0 saturated heterocycles. The van der Waals surface area contributed by atoms with Gasteiger partial charge in [-0.1, -0.05) is 17.3 Å². The summed E-state index contributed by atoms with van der Waals surface area (Å²) < 4.78 is 36.3. The number of nitriles is 1. The number of aryl methyl sites for hydroxylation is 1. The molecule has 0 bridgehead atoms. The fourth-order valence-corrected chi connectivity index (χ4v) is 3.39. The maximum absolute atomic E-state index is 12.1. The number of nitrogens with one attached hydrogen (secondary N) is 1. The highest BCUT2D eigenvalue weighted by Crippen LogP contribution is 2.16. The summed E-state index contributed by atoms with van der Waals surface area (Å²) >= 11 is 0. The van der Waals surface area contributed by atoms with E-state index >= 15 is 0 Å². The van der Waals surface area contributed by atoms with Gasteiger partial charge in [-0.2, -0.15) is 10.2 Å². The molecule has 138 valence electrons. The van der Waals surface area contributed by atoms with Gasteiger partial charge in [-0.25, -0.2) is 8.42 Å². The smallest absolute Gasteiger partial charge is 0.239 e. The van der Waals surface area contributed by atoms with Crippen molar-refractivity contribution in [2.75, 3.05) is 0 Å². The Balaban J connectivity index is 1.53. The monoisotopic (exact) mass is 386 g/mol. The van der Waals surface area contributed by atoms with E-state index in [4.69, 9.17) is 14.2 Å². The molecule has 0 aliphatic heterocycles. The Labute approximate surface area is 154 Å². The fraction of sp³-hybridized carbons (Fsp3) is 0.176. The molecule has 27 heavy (non-hydrogen) atoms. The molecular formula is C17H14N4O5S. The van der Waals surface area contributed by atoms with E-state index < -0.39 is 15.9 Å². The molecule has 3 aromatic rings. The summed E-state index contributed by atoms with van der Waals surface area (Å²) in [6.45, 7) is 0. The number of amides is 1. The van der Waals surface area contributed by atoms with Crippen LogP contribution in [0.5, 0.6) is 0 Å². The van der Waals surface area contributed by atoms with Crippen LogP contribution in [-0.4, -0.2) is 24.5 Å². The van der Waals surface area contributed by atoms with Crippen LogP contribution >= 0.6 is 0 Å². The van der Waals surface area contributed by atoms with Crippen LogP contribution < -0.4 is 4.72 Å². The molecule has 1 aromatic carbocycles. The lowest BCUT2D eigenvalue weighted by Gasteiger charge is -2.06. The standard InChI is InChI=1S/C17H14N4O5S/c18-10-12-3-5-13(6-4-12)11-27(23,24)21-15(22)7-8-16-19-17(20-26-16)14-2-1-9-25-14/h1-6,9H,7-8,11H2,(H,21,22). The summed E-state index contributed by atoms with van der Waals surface area (Å²) in [5, 5.41) is 12.5. The number of furan rings is 1. The topological polar surface area (TPSA) is 139 Å². The van der Waals surface area contributed by atoms with E-state index in [2.05, 4.69) is 10.1 Å². The Morgan fingerprint density at radius 3 is 2.67 bits per heavy atom. The molecule has 0 radical (unpaired) electrons. The summed E-state index contributed by atoms with van der Waals surface area (Å²) in [5.41, 5.74) is 0.892. The average Bonchev–Trinajstić information content (AvgIpc) is 3.31. The lowest BCUT2D eigenvalue weighted by molar-refractivity contribution is -0.119. The lowest BCUT2D eigenvalue weighted by Crippen LogP contribution is -2.31. The molecule has 0 fully saturated rings. The van der Waals surface area contributed by atoms with Crippen molar-refractivity contribution in [3.63, 3.8) is 0 Å². The number of carbonyl (C=O) groups excluding carboxylic acids is 1. The highest BCUT2D eigenvalue weighted by molar-refractivity contribution is 7.89. The molecule has 3 rings (SSSR count). The minimum Gasteiger partial charge on any atom is -0.461 e. The van der Waals surface area contributed by atoms with Crippen LogP contribution in [-0.2, 0) is 27.0 Å². The Bertz CT molecular complexity index is 1060. The van der Waals surface area contributed by atoms with E-state index in [0.29, 0.717) is 16.9 Å². The van der Waals surface area contributed by atoms with Gasteiger partial charge in [-0.05, 0) is 29.8 Å². The SMILES string of the molecule is N#Cc1ccc(CS(=O)(=O)NC(=O)CCc2nc(-c3ccco3)no2)cc1. The second-order valence-corrected chi connectivity index (χ2v) is 7.30. The highest BCUT2D eigenvalue weighted by atomic mass is 32.2. The number of benzene rings is 1. The minimum atomic E-state index is -3.85. The Kier molecular flexibility index (Phi) is 5.33. The minimum absolute atomic E-state index is 0.0892. The van der Waals surface area contributed by atoms with Crippen molar-refractivity contribution >= 4 is 15.9 Å². The zero-order valence-corrected chi connectivity index (χ0v) is 14.8. The summed E-state index contributed by atoms with van der Waals surface area (Å²) in [6, 6.07) is 11.4. The molecule has 0 spiro atoms. The first kappa shape index (κ1) is 18.3. The number of sulfonamides is 1. The first-order valence-corrected chi connectivity index (χ1v) is 9.49. The summed E-state index contributed by atoms with van der Waals surface area (Å²) in [4.78, 5) is 16.0. The molecule has 0 unspecified atom stereocenters. The normalized spacial score (nSPS) is 11.1. The first-order valence-electron chi connectivity index (χ1n) is 7.84. The van der Waals surface area contributed by atoms with Gasteiger partial charge in [-0.15, -0.1) is 0 Å². The summed E-state index contributed by atoms with van der Waals surface area (Å²) in [5.74, 6) is -0.168. The average molecular weight is 386 g/mol. The van der Waals surface area contributed by atoms with E-state index in [1.807, 2.05) is 10.8 Å². The molecule has 2 aromatic heterocycles. The third-order valence-corrected chi connectivity index (χ3v) is 4.74. The van der Waals surface area contributed by atoms with Gasteiger partial charge in [0.1, 0.15) is 0 Å². The third-order valence-electron chi connectivity index (χ3n) is 3.48. The number of rotatable bonds is 7. The zero-order chi connectivity index (χ0) is 19.3. The van der Waals surface area contributed by atoms with Crippen molar-refractivity contribution in [2.45, 2.75) is 18.6 Å². The molecule has 0 aliphatic rings. The largest absolute Gasteiger partial charge is 0.461 e. The second kappa shape index (κ2) is 7.84. The van der Waals surface area contributed by atoms with Gasteiger partial charge in [-0.3, -0.25) is 9.52 Å². The second-order valence-electron chi connectivity index (χ2n) is 5.58. The van der Waals surface area contributed by atoms with Crippen LogP contribution in [0.25, 0.3) is 11.6 Å². The molecule has 10 heteroatoms. The van der Waals surface area contributed by atoms with E-state index in [1.165, 1.54) is 30.5 Å². The van der Waals surface area contributed by atoms with Crippen LogP contribution in [0.4, 0.5) is 0 Å². The number of aromatic nitrogens is 2. The van der Waals surface area contributed by atoms with Crippen molar-refractivity contribution in [1.29, 1.82) is 5.26 Å². The summed E-state index contributed by atoms with van der Waals surface area (Å²) in [7, 11) is -3.85. The van der Waals surface area contributed by atoms with E-state index in [9.17, 15) is 13.2 Å². The van der Waals surface area contributed by atoms with Gasteiger partial charge in [0.15, 0.2) is 5.76 Å². The number of hydrogen-bond donors (Lipinski definition) is 1. The highest BCUT2D eigenvalue weighted by Gasteiger charge is 2.17. The van der Waals surface area contributed by atoms with Gasteiger partial charge >= 0.3 is 0 Å². The van der Waals surface area contributed by atoms with Crippen molar-refractivity contribution < 1.29 is 22.2 Å². The molecule has 0 saturated carbocycles. The number of carbonyl (C=O) groups is 1. The van der Waals surface area contributed by atoms with Crippen molar-refractivity contribution in [1.82, 2.24) is 14.9 Å². The van der Waals surface area contributed by atoms with Crippen LogP contribution in [0.1, 0.15) is 23.4 Å². The zero-order valence-electron chi connectivity index (χ0n) is 14.0. The molecule has 1 amide bonds. The molecule has 0 aliphatic carbocycles. The molecular weight excluding hydrogens is 372 g/mol. The van der Waals surface area contributed by atoms with Crippen molar-refractivity contribution in [3.05, 3.63) is 59.7 Å². The molecule has 0 atom stereocenters. The summed E-state index contributed by atoms with van der Waals surface area (Å²) in [6.07, 6.45) is 1.43. The predicted molar refractivity (Wildman–Crippen MR) is 92.2 cm³/mol. The Hall–Kier alpha value is -3.45.